The lowest BCUT2D eigenvalue weighted by Gasteiger charge is -2.19. The lowest BCUT2D eigenvalue weighted by Crippen LogP contribution is -2.22. The summed E-state index contributed by atoms with van der Waals surface area (Å²) in [6.45, 7) is 0.549. The molecule has 1 heterocycles. The van der Waals surface area contributed by atoms with E-state index in [1.165, 1.54) is 0 Å². The van der Waals surface area contributed by atoms with Crippen LogP contribution in [0.25, 0.3) is 11.8 Å². The SMILES string of the molecule is O=C1c2ccccc2/C(=C\c2ccc(Cl)cc2)N1Cc1ccccc1. The average molecular weight is 346 g/mol. The summed E-state index contributed by atoms with van der Waals surface area (Å²) in [4.78, 5) is 14.8. The Labute approximate surface area is 152 Å². The summed E-state index contributed by atoms with van der Waals surface area (Å²) in [6, 6.07) is 25.4. The van der Waals surface area contributed by atoms with E-state index >= 15 is 0 Å². The van der Waals surface area contributed by atoms with Crippen LogP contribution in [-0.2, 0) is 6.54 Å². The quantitative estimate of drug-likeness (QED) is 0.614. The average Bonchev–Trinajstić information content (AvgIpc) is 2.91. The van der Waals surface area contributed by atoms with Crippen molar-refractivity contribution in [2.24, 2.45) is 0 Å². The van der Waals surface area contributed by atoms with Crippen LogP contribution in [0.3, 0.4) is 0 Å². The fourth-order valence-electron chi connectivity index (χ4n) is 3.09. The fraction of sp³-hybridized carbons (Fsp3) is 0.0455. The minimum absolute atomic E-state index is 0.0414. The first-order valence-corrected chi connectivity index (χ1v) is 8.52. The van der Waals surface area contributed by atoms with E-state index in [9.17, 15) is 4.79 Å². The van der Waals surface area contributed by atoms with Crippen LogP contribution in [0.1, 0.15) is 27.0 Å². The Balaban J connectivity index is 1.78. The highest BCUT2D eigenvalue weighted by Gasteiger charge is 2.31. The largest absolute Gasteiger partial charge is 0.303 e. The predicted octanol–water partition coefficient (Wildman–Crippen LogP) is 5.49. The molecule has 1 aliphatic heterocycles. The number of nitrogens with zero attached hydrogens (tertiary/aromatic N) is 1. The summed E-state index contributed by atoms with van der Waals surface area (Å²) in [7, 11) is 0. The molecule has 0 radical (unpaired) electrons. The number of rotatable bonds is 3. The minimum Gasteiger partial charge on any atom is -0.303 e. The molecule has 0 N–H and O–H groups in total. The lowest BCUT2D eigenvalue weighted by atomic mass is 10.1. The second kappa shape index (κ2) is 6.58. The molecule has 0 aliphatic carbocycles. The molecule has 1 amide bonds. The van der Waals surface area contributed by atoms with Crippen LogP contribution in [0.15, 0.2) is 78.9 Å². The Hall–Kier alpha value is -2.84. The molecule has 1 aliphatic rings. The maximum atomic E-state index is 12.9. The molecule has 2 nitrogen and oxygen atoms in total. The number of carbonyl (C=O) groups is 1. The van der Waals surface area contributed by atoms with E-state index in [4.69, 9.17) is 11.6 Å². The highest BCUT2D eigenvalue weighted by Crippen LogP contribution is 2.35. The third-order valence-electron chi connectivity index (χ3n) is 4.33. The van der Waals surface area contributed by atoms with Gasteiger partial charge in [-0.1, -0.05) is 72.3 Å². The van der Waals surface area contributed by atoms with Crippen molar-refractivity contribution in [3.63, 3.8) is 0 Å². The van der Waals surface area contributed by atoms with E-state index in [1.54, 1.807) is 0 Å². The summed E-state index contributed by atoms with van der Waals surface area (Å²) in [6.07, 6.45) is 2.04. The van der Waals surface area contributed by atoms with Crippen molar-refractivity contribution < 1.29 is 4.79 Å². The van der Waals surface area contributed by atoms with Crippen LogP contribution >= 0.6 is 11.6 Å². The summed E-state index contributed by atoms with van der Waals surface area (Å²) in [5.74, 6) is 0.0414. The van der Waals surface area contributed by atoms with Gasteiger partial charge in [0.25, 0.3) is 5.91 Å². The molecule has 0 bridgehead atoms. The number of amides is 1. The monoisotopic (exact) mass is 345 g/mol. The molecular weight excluding hydrogens is 330 g/mol. The molecule has 25 heavy (non-hydrogen) atoms. The number of benzene rings is 3. The van der Waals surface area contributed by atoms with Gasteiger partial charge in [-0.25, -0.2) is 0 Å². The number of halogens is 1. The Morgan fingerprint density at radius 3 is 2.16 bits per heavy atom. The second-order valence-electron chi connectivity index (χ2n) is 6.00. The zero-order chi connectivity index (χ0) is 17.2. The van der Waals surface area contributed by atoms with E-state index < -0.39 is 0 Å². The molecule has 0 fully saturated rings. The smallest absolute Gasteiger partial charge is 0.259 e. The fourth-order valence-corrected chi connectivity index (χ4v) is 3.21. The normalized spacial score (nSPS) is 14.8. The Morgan fingerprint density at radius 2 is 1.44 bits per heavy atom. The van der Waals surface area contributed by atoms with E-state index in [-0.39, 0.29) is 5.91 Å². The van der Waals surface area contributed by atoms with Gasteiger partial charge in [-0.15, -0.1) is 0 Å². The zero-order valence-electron chi connectivity index (χ0n) is 13.5. The summed E-state index contributed by atoms with van der Waals surface area (Å²) >= 11 is 5.98. The molecule has 4 rings (SSSR count). The molecule has 3 aromatic carbocycles. The van der Waals surface area contributed by atoms with Crippen molar-refractivity contribution in [3.05, 3.63) is 106 Å². The van der Waals surface area contributed by atoms with Gasteiger partial charge in [0.05, 0.1) is 12.2 Å². The van der Waals surface area contributed by atoms with E-state index in [2.05, 4.69) is 0 Å². The third-order valence-corrected chi connectivity index (χ3v) is 4.58. The lowest BCUT2D eigenvalue weighted by molar-refractivity contribution is 0.0843. The van der Waals surface area contributed by atoms with Crippen molar-refractivity contribution in [3.8, 4) is 0 Å². The first-order valence-electron chi connectivity index (χ1n) is 8.15. The maximum Gasteiger partial charge on any atom is 0.259 e. The van der Waals surface area contributed by atoms with Crippen LogP contribution in [0, 0.1) is 0 Å². The van der Waals surface area contributed by atoms with Gasteiger partial charge in [0.1, 0.15) is 0 Å². The van der Waals surface area contributed by atoms with Crippen LogP contribution in [0.5, 0.6) is 0 Å². The zero-order valence-corrected chi connectivity index (χ0v) is 14.3. The number of hydrogen-bond acceptors (Lipinski definition) is 1. The first kappa shape index (κ1) is 15.7. The summed E-state index contributed by atoms with van der Waals surface area (Å²) in [5, 5.41) is 0.700. The van der Waals surface area contributed by atoms with Gasteiger partial charge in [0.15, 0.2) is 0 Å². The predicted molar refractivity (Wildman–Crippen MR) is 102 cm³/mol. The summed E-state index contributed by atoms with van der Waals surface area (Å²) in [5.41, 5.74) is 4.76. The number of fused-ring (bicyclic) bond motifs is 1. The Bertz CT molecular complexity index is 945. The molecule has 0 saturated carbocycles. The van der Waals surface area contributed by atoms with Gasteiger partial charge in [0.2, 0.25) is 0 Å². The maximum absolute atomic E-state index is 12.9. The van der Waals surface area contributed by atoms with Gasteiger partial charge >= 0.3 is 0 Å². The van der Waals surface area contributed by atoms with Crippen molar-refractivity contribution in [2.75, 3.05) is 0 Å². The molecule has 0 saturated heterocycles. The van der Waals surface area contributed by atoms with Crippen LogP contribution in [0.2, 0.25) is 5.02 Å². The summed E-state index contributed by atoms with van der Waals surface area (Å²) < 4.78 is 0. The molecule has 3 heteroatoms. The Morgan fingerprint density at radius 1 is 0.800 bits per heavy atom. The van der Waals surface area contributed by atoms with Gasteiger partial charge in [-0.3, -0.25) is 4.79 Å². The number of carbonyl (C=O) groups excluding carboxylic acids is 1. The number of hydrogen-bond donors (Lipinski definition) is 0. The molecule has 3 aromatic rings. The van der Waals surface area contributed by atoms with Crippen LogP contribution in [0.4, 0.5) is 0 Å². The molecule has 0 spiro atoms. The molecule has 0 unspecified atom stereocenters. The van der Waals surface area contributed by atoms with E-state index in [0.717, 1.165) is 28.0 Å². The second-order valence-corrected chi connectivity index (χ2v) is 6.44. The molecule has 0 aromatic heterocycles. The molecule has 0 atom stereocenters. The van der Waals surface area contributed by atoms with E-state index in [1.807, 2.05) is 89.8 Å². The van der Waals surface area contributed by atoms with Crippen molar-refractivity contribution in [1.29, 1.82) is 0 Å². The third kappa shape index (κ3) is 3.09. The van der Waals surface area contributed by atoms with Crippen molar-refractivity contribution in [2.45, 2.75) is 6.54 Å². The van der Waals surface area contributed by atoms with Gasteiger partial charge < -0.3 is 4.90 Å². The van der Waals surface area contributed by atoms with Gasteiger partial charge in [-0.05, 0) is 35.4 Å². The van der Waals surface area contributed by atoms with Gasteiger partial charge in [-0.2, -0.15) is 0 Å². The van der Waals surface area contributed by atoms with Crippen LogP contribution in [-0.4, -0.2) is 10.8 Å². The minimum atomic E-state index is 0.0414. The van der Waals surface area contributed by atoms with Crippen molar-refractivity contribution in [1.82, 2.24) is 4.90 Å². The first-order chi connectivity index (χ1) is 12.2. The molecule has 122 valence electrons. The van der Waals surface area contributed by atoms with E-state index in [0.29, 0.717) is 11.6 Å². The standard InChI is InChI=1S/C22H16ClNO/c23-18-12-10-16(11-13-18)14-21-19-8-4-5-9-20(19)22(25)24(21)15-17-6-2-1-3-7-17/h1-14H,15H2/b21-14+. The highest BCUT2D eigenvalue weighted by atomic mass is 35.5. The van der Waals surface area contributed by atoms with Crippen molar-refractivity contribution >= 4 is 29.3 Å². The van der Waals surface area contributed by atoms with Gasteiger partial charge in [0, 0.05) is 16.1 Å². The van der Waals surface area contributed by atoms with Crippen LogP contribution < -0.4 is 0 Å². The topological polar surface area (TPSA) is 20.3 Å². The highest BCUT2D eigenvalue weighted by molar-refractivity contribution is 6.30. The Kier molecular flexibility index (Phi) is 4.12. The molecular formula is C22H16ClNO.